The van der Waals surface area contributed by atoms with Crippen molar-refractivity contribution in [2.45, 2.75) is 12.1 Å². The zero-order valence-corrected chi connectivity index (χ0v) is 11.0. The Balaban J connectivity index is 2.08. The van der Waals surface area contributed by atoms with E-state index in [2.05, 4.69) is 5.32 Å². The number of hydrogen-bond acceptors (Lipinski definition) is 3. The second kappa shape index (κ2) is 4.98. The van der Waals surface area contributed by atoms with E-state index in [0.29, 0.717) is 6.61 Å². The number of nitrogens with two attached hydrogens (primary N) is 1. The van der Waals surface area contributed by atoms with Gasteiger partial charge in [-0.3, -0.25) is 4.79 Å². The first kappa shape index (κ1) is 12.7. The van der Waals surface area contributed by atoms with Crippen molar-refractivity contribution in [1.82, 2.24) is 0 Å². The number of anilines is 1. The monoisotopic (exact) mass is 268 g/mol. The van der Waals surface area contributed by atoms with Gasteiger partial charge in [-0.15, -0.1) is 0 Å². The Kier molecular flexibility index (Phi) is 3.16. The van der Waals surface area contributed by atoms with E-state index in [4.69, 9.17) is 10.5 Å². The van der Waals surface area contributed by atoms with Crippen LogP contribution in [0.4, 0.5) is 5.69 Å². The molecule has 0 fully saturated rings. The van der Waals surface area contributed by atoms with Crippen LogP contribution in [0.5, 0.6) is 0 Å². The lowest BCUT2D eigenvalue weighted by Crippen LogP contribution is -2.53. The molecule has 1 aliphatic rings. The van der Waals surface area contributed by atoms with E-state index < -0.39 is 11.4 Å². The SMILES string of the molecule is NC(=O)C1(Nc2ccccc2)COCc2ccccc21. The van der Waals surface area contributed by atoms with E-state index in [1.165, 1.54) is 0 Å². The molecule has 0 saturated heterocycles. The number of rotatable bonds is 3. The van der Waals surface area contributed by atoms with Gasteiger partial charge in [0.25, 0.3) is 0 Å². The van der Waals surface area contributed by atoms with Crippen LogP contribution in [-0.2, 0) is 21.7 Å². The molecule has 1 unspecified atom stereocenters. The number of primary amides is 1. The molecule has 0 bridgehead atoms. The summed E-state index contributed by atoms with van der Waals surface area (Å²) in [4.78, 5) is 12.1. The van der Waals surface area contributed by atoms with Crippen LogP contribution in [0, 0.1) is 0 Å². The molecule has 0 aliphatic carbocycles. The molecule has 3 N–H and O–H groups in total. The van der Waals surface area contributed by atoms with Gasteiger partial charge < -0.3 is 15.8 Å². The number of hydrogen-bond donors (Lipinski definition) is 2. The fourth-order valence-corrected chi connectivity index (χ4v) is 2.59. The smallest absolute Gasteiger partial charge is 0.250 e. The lowest BCUT2D eigenvalue weighted by atomic mass is 9.84. The van der Waals surface area contributed by atoms with Gasteiger partial charge in [-0.05, 0) is 23.3 Å². The van der Waals surface area contributed by atoms with Crippen LogP contribution < -0.4 is 11.1 Å². The minimum atomic E-state index is -1.02. The van der Waals surface area contributed by atoms with E-state index in [1.807, 2.05) is 54.6 Å². The van der Waals surface area contributed by atoms with Crippen LogP contribution in [-0.4, -0.2) is 12.5 Å². The van der Waals surface area contributed by atoms with Gasteiger partial charge in [0.05, 0.1) is 13.2 Å². The zero-order chi connectivity index (χ0) is 14.0. The van der Waals surface area contributed by atoms with E-state index >= 15 is 0 Å². The molecule has 20 heavy (non-hydrogen) atoms. The summed E-state index contributed by atoms with van der Waals surface area (Å²) in [6.45, 7) is 0.732. The molecule has 0 aromatic heterocycles. The maximum atomic E-state index is 12.1. The predicted molar refractivity (Wildman–Crippen MR) is 77.0 cm³/mol. The highest BCUT2D eigenvalue weighted by Crippen LogP contribution is 2.33. The molecule has 2 aromatic carbocycles. The van der Waals surface area contributed by atoms with Crippen molar-refractivity contribution in [3.63, 3.8) is 0 Å². The Labute approximate surface area is 117 Å². The van der Waals surface area contributed by atoms with E-state index in [9.17, 15) is 4.79 Å². The highest BCUT2D eigenvalue weighted by atomic mass is 16.5. The standard InChI is InChI=1S/C16H16N2O2/c17-15(19)16(18-13-7-2-1-3-8-13)11-20-10-12-6-4-5-9-14(12)16/h1-9,18H,10-11H2,(H2,17,19). The summed E-state index contributed by atoms with van der Waals surface area (Å²) in [5.74, 6) is -0.437. The summed E-state index contributed by atoms with van der Waals surface area (Å²) in [5.41, 5.74) is 7.38. The highest BCUT2D eigenvalue weighted by molar-refractivity contribution is 5.90. The Morgan fingerprint density at radius 3 is 2.55 bits per heavy atom. The first-order valence-electron chi connectivity index (χ1n) is 6.52. The molecule has 0 saturated carbocycles. The normalized spacial score (nSPS) is 21.0. The molecule has 0 radical (unpaired) electrons. The van der Waals surface area contributed by atoms with Gasteiger partial charge in [0.2, 0.25) is 5.91 Å². The molecule has 4 nitrogen and oxygen atoms in total. The third-order valence-electron chi connectivity index (χ3n) is 3.61. The molecule has 102 valence electrons. The molecular formula is C16H16N2O2. The Morgan fingerprint density at radius 2 is 1.80 bits per heavy atom. The molecule has 0 spiro atoms. The lowest BCUT2D eigenvalue weighted by molar-refractivity contribution is -0.125. The van der Waals surface area contributed by atoms with Gasteiger partial charge in [0.1, 0.15) is 0 Å². The maximum Gasteiger partial charge on any atom is 0.250 e. The largest absolute Gasteiger partial charge is 0.373 e. The van der Waals surface area contributed by atoms with Crippen molar-refractivity contribution in [1.29, 1.82) is 0 Å². The molecule has 1 aliphatic heterocycles. The summed E-state index contributed by atoms with van der Waals surface area (Å²) in [6, 6.07) is 17.3. The lowest BCUT2D eigenvalue weighted by Gasteiger charge is -2.37. The van der Waals surface area contributed by atoms with Crippen molar-refractivity contribution in [2.24, 2.45) is 5.73 Å². The van der Waals surface area contributed by atoms with Gasteiger partial charge in [0, 0.05) is 5.69 Å². The Hall–Kier alpha value is -2.33. The van der Waals surface area contributed by atoms with Gasteiger partial charge in [-0.1, -0.05) is 42.5 Å². The number of fused-ring (bicyclic) bond motifs is 1. The number of amides is 1. The molecule has 1 atom stereocenters. The third kappa shape index (κ3) is 2.04. The average molecular weight is 268 g/mol. The average Bonchev–Trinajstić information content (AvgIpc) is 2.48. The maximum absolute atomic E-state index is 12.1. The van der Waals surface area contributed by atoms with Crippen LogP contribution in [0.25, 0.3) is 0 Å². The number of para-hydroxylation sites is 1. The van der Waals surface area contributed by atoms with Crippen molar-refractivity contribution >= 4 is 11.6 Å². The van der Waals surface area contributed by atoms with Crippen LogP contribution >= 0.6 is 0 Å². The fraction of sp³-hybridized carbons (Fsp3) is 0.188. The van der Waals surface area contributed by atoms with Crippen molar-refractivity contribution in [3.05, 3.63) is 65.7 Å². The van der Waals surface area contributed by atoms with Crippen LogP contribution in [0.15, 0.2) is 54.6 Å². The van der Waals surface area contributed by atoms with E-state index in [1.54, 1.807) is 0 Å². The number of carbonyl (C=O) groups is 1. The summed E-state index contributed by atoms with van der Waals surface area (Å²) in [6.07, 6.45) is 0. The quantitative estimate of drug-likeness (QED) is 0.895. The Bertz CT molecular complexity index is 627. The summed E-state index contributed by atoms with van der Waals surface area (Å²) in [5, 5.41) is 3.25. The van der Waals surface area contributed by atoms with Crippen molar-refractivity contribution in [2.75, 3.05) is 11.9 Å². The van der Waals surface area contributed by atoms with Crippen LogP contribution in [0.1, 0.15) is 11.1 Å². The topological polar surface area (TPSA) is 64.4 Å². The fourth-order valence-electron chi connectivity index (χ4n) is 2.59. The van der Waals surface area contributed by atoms with Crippen LogP contribution in [0.3, 0.4) is 0 Å². The molecule has 1 heterocycles. The van der Waals surface area contributed by atoms with E-state index in [-0.39, 0.29) is 6.61 Å². The molecule has 3 rings (SSSR count). The number of ether oxygens (including phenoxy) is 1. The number of benzene rings is 2. The summed E-state index contributed by atoms with van der Waals surface area (Å²) >= 11 is 0. The Morgan fingerprint density at radius 1 is 1.10 bits per heavy atom. The number of carbonyl (C=O) groups excluding carboxylic acids is 1. The van der Waals surface area contributed by atoms with Gasteiger partial charge in [-0.25, -0.2) is 0 Å². The van der Waals surface area contributed by atoms with Gasteiger partial charge >= 0.3 is 0 Å². The predicted octanol–water partition coefficient (Wildman–Crippen LogP) is 2.01. The van der Waals surface area contributed by atoms with Crippen molar-refractivity contribution in [3.8, 4) is 0 Å². The van der Waals surface area contributed by atoms with Gasteiger partial charge in [-0.2, -0.15) is 0 Å². The number of nitrogens with one attached hydrogen (secondary N) is 1. The second-order valence-corrected chi connectivity index (χ2v) is 4.91. The molecule has 1 amide bonds. The van der Waals surface area contributed by atoms with Crippen molar-refractivity contribution < 1.29 is 9.53 Å². The van der Waals surface area contributed by atoms with Crippen LogP contribution in [0.2, 0.25) is 0 Å². The highest BCUT2D eigenvalue weighted by Gasteiger charge is 2.43. The minimum Gasteiger partial charge on any atom is -0.373 e. The van der Waals surface area contributed by atoms with E-state index in [0.717, 1.165) is 16.8 Å². The summed E-state index contributed by atoms with van der Waals surface area (Å²) < 4.78 is 5.58. The first-order chi connectivity index (χ1) is 9.72. The third-order valence-corrected chi connectivity index (χ3v) is 3.61. The second-order valence-electron chi connectivity index (χ2n) is 4.91. The molecule has 2 aromatic rings. The molecule has 4 heteroatoms. The zero-order valence-electron chi connectivity index (χ0n) is 11.0. The summed E-state index contributed by atoms with van der Waals surface area (Å²) in [7, 11) is 0. The first-order valence-corrected chi connectivity index (χ1v) is 6.52. The molecular weight excluding hydrogens is 252 g/mol. The minimum absolute atomic E-state index is 0.230. The van der Waals surface area contributed by atoms with Gasteiger partial charge in [0.15, 0.2) is 5.54 Å².